The summed E-state index contributed by atoms with van der Waals surface area (Å²) in [6, 6.07) is 5.35. The van der Waals surface area contributed by atoms with Crippen LogP contribution in [0.4, 0.5) is 5.69 Å². The van der Waals surface area contributed by atoms with Crippen molar-refractivity contribution in [3.63, 3.8) is 0 Å². The van der Waals surface area contributed by atoms with E-state index in [9.17, 15) is 8.42 Å². The van der Waals surface area contributed by atoms with Gasteiger partial charge in [-0.3, -0.25) is 0 Å². The lowest BCUT2D eigenvalue weighted by Crippen LogP contribution is -2.36. The second-order valence-corrected chi connectivity index (χ2v) is 6.69. The van der Waals surface area contributed by atoms with Crippen molar-refractivity contribution < 1.29 is 8.42 Å². The standard InChI is InChI=1S/C13H20N2O2S/c1-4-15(10(2)3)18(16,17)12-6-5-11-7-8-14-13(11)9-12/h5-6,9-10,14H,4,7-8H2,1-3H3. The molecule has 0 fully saturated rings. The number of nitrogens with zero attached hydrogens (tertiary/aromatic N) is 1. The Hall–Kier alpha value is -1.07. The lowest BCUT2D eigenvalue weighted by molar-refractivity contribution is 0.369. The van der Waals surface area contributed by atoms with E-state index >= 15 is 0 Å². The van der Waals surface area contributed by atoms with E-state index in [2.05, 4.69) is 5.32 Å². The third-order valence-electron chi connectivity index (χ3n) is 3.29. The van der Waals surface area contributed by atoms with Gasteiger partial charge in [-0.05, 0) is 38.0 Å². The Morgan fingerprint density at radius 3 is 2.72 bits per heavy atom. The molecule has 18 heavy (non-hydrogen) atoms. The van der Waals surface area contributed by atoms with Gasteiger partial charge in [0.15, 0.2) is 0 Å². The van der Waals surface area contributed by atoms with Crippen LogP contribution in [0, 0.1) is 0 Å². The van der Waals surface area contributed by atoms with Gasteiger partial charge in [-0.1, -0.05) is 13.0 Å². The molecule has 1 aliphatic heterocycles. The van der Waals surface area contributed by atoms with Gasteiger partial charge in [-0.25, -0.2) is 8.42 Å². The van der Waals surface area contributed by atoms with E-state index in [4.69, 9.17) is 0 Å². The van der Waals surface area contributed by atoms with Crippen molar-refractivity contribution >= 4 is 15.7 Å². The zero-order chi connectivity index (χ0) is 13.3. The average molecular weight is 268 g/mol. The van der Waals surface area contributed by atoms with Crippen LogP contribution in [0.5, 0.6) is 0 Å². The minimum Gasteiger partial charge on any atom is -0.384 e. The molecule has 0 spiro atoms. The molecule has 0 unspecified atom stereocenters. The number of hydrogen-bond acceptors (Lipinski definition) is 3. The van der Waals surface area contributed by atoms with Gasteiger partial charge in [0.05, 0.1) is 4.90 Å². The first-order valence-corrected chi connectivity index (χ1v) is 7.79. The van der Waals surface area contributed by atoms with Crippen LogP contribution < -0.4 is 5.32 Å². The van der Waals surface area contributed by atoms with Gasteiger partial charge in [-0.15, -0.1) is 0 Å². The van der Waals surface area contributed by atoms with Crippen molar-refractivity contribution in [2.75, 3.05) is 18.4 Å². The highest BCUT2D eigenvalue weighted by Crippen LogP contribution is 2.27. The quantitative estimate of drug-likeness (QED) is 0.909. The highest BCUT2D eigenvalue weighted by molar-refractivity contribution is 7.89. The van der Waals surface area contributed by atoms with Gasteiger partial charge in [0.2, 0.25) is 10.0 Å². The van der Waals surface area contributed by atoms with Crippen molar-refractivity contribution in [1.82, 2.24) is 4.31 Å². The number of anilines is 1. The molecule has 0 radical (unpaired) electrons. The van der Waals surface area contributed by atoms with E-state index < -0.39 is 10.0 Å². The maximum Gasteiger partial charge on any atom is 0.243 e. The molecule has 1 N–H and O–H groups in total. The fraction of sp³-hybridized carbons (Fsp3) is 0.538. The smallest absolute Gasteiger partial charge is 0.243 e. The summed E-state index contributed by atoms with van der Waals surface area (Å²) in [6.07, 6.45) is 0.970. The number of benzene rings is 1. The highest BCUT2D eigenvalue weighted by atomic mass is 32.2. The Morgan fingerprint density at radius 1 is 1.39 bits per heavy atom. The van der Waals surface area contributed by atoms with Gasteiger partial charge < -0.3 is 5.32 Å². The summed E-state index contributed by atoms with van der Waals surface area (Å²) in [5.74, 6) is 0. The van der Waals surface area contributed by atoms with Crippen molar-refractivity contribution in [1.29, 1.82) is 0 Å². The fourth-order valence-corrected chi connectivity index (χ4v) is 4.05. The number of fused-ring (bicyclic) bond motifs is 1. The molecule has 0 saturated heterocycles. The normalized spacial score (nSPS) is 14.9. The van der Waals surface area contributed by atoms with Gasteiger partial charge in [0.25, 0.3) is 0 Å². The molecule has 2 rings (SSSR count). The van der Waals surface area contributed by atoms with Crippen LogP contribution in [0.15, 0.2) is 23.1 Å². The van der Waals surface area contributed by atoms with Gasteiger partial charge in [-0.2, -0.15) is 4.31 Å². The molecule has 1 aromatic carbocycles. The van der Waals surface area contributed by atoms with Crippen LogP contribution in [-0.4, -0.2) is 31.9 Å². The van der Waals surface area contributed by atoms with Crippen LogP contribution in [0.2, 0.25) is 0 Å². The van der Waals surface area contributed by atoms with Gasteiger partial charge in [0, 0.05) is 24.8 Å². The number of nitrogens with one attached hydrogen (secondary N) is 1. The number of sulfonamides is 1. The van der Waals surface area contributed by atoms with Crippen molar-refractivity contribution in [3.8, 4) is 0 Å². The van der Waals surface area contributed by atoms with Gasteiger partial charge >= 0.3 is 0 Å². The van der Waals surface area contributed by atoms with Crippen LogP contribution in [-0.2, 0) is 16.4 Å². The second kappa shape index (κ2) is 4.90. The lowest BCUT2D eigenvalue weighted by atomic mass is 10.2. The van der Waals surface area contributed by atoms with E-state index in [0.29, 0.717) is 11.4 Å². The summed E-state index contributed by atoms with van der Waals surface area (Å²) in [7, 11) is -3.38. The Labute approximate surface area is 109 Å². The third-order valence-corrected chi connectivity index (χ3v) is 5.43. The van der Waals surface area contributed by atoms with Crippen LogP contribution >= 0.6 is 0 Å². The predicted octanol–water partition coefficient (Wildman–Crippen LogP) is 2.07. The Bertz CT molecular complexity index is 538. The molecule has 5 heteroatoms. The molecule has 100 valence electrons. The topological polar surface area (TPSA) is 49.4 Å². The van der Waals surface area contributed by atoms with Crippen LogP contribution in [0.1, 0.15) is 26.3 Å². The second-order valence-electron chi connectivity index (χ2n) is 4.80. The largest absolute Gasteiger partial charge is 0.384 e. The molecule has 0 atom stereocenters. The zero-order valence-electron chi connectivity index (χ0n) is 11.1. The summed E-state index contributed by atoms with van der Waals surface area (Å²) in [4.78, 5) is 0.381. The minimum atomic E-state index is -3.38. The Balaban J connectivity index is 2.41. The minimum absolute atomic E-state index is 0.0267. The van der Waals surface area contributed by atoms with Crippen molar-refractivity contribution in [2.24, 2.45) is 0 Å². The first-order chi connectivity index (χ1) is 8.46. The molecule has 0 amide bonds. The van der Waals surface area contributed by atoms with E-state index in [1.807, 2.05) is 26.8 Å². The number of hydrogen-bond donors (Lipinski definition) is 1. The van der Waals surface area contributed by atoms with E-state index in [1.54, 1.807) is 12.1 Å². The summed E-state index contributed by atoms with van der Waals surface area (Å²) in [5, 5.41) is 3.22. The first kappa shape index (κ1) is 13.4. The van der Waals surface area contributed by atoms with Crippen LogP contribution in [0.25, 0.3) is 0 Å². The molecule has 1 aromatic rings. The van der Waals surface area contributed by atoms with Crippen molar-refractivity contribution in [2.45, 2.75) is 38.1 Å². The summed E-state index contributed by atoms with van der Waals surface area (Å²) in [5.41, 5.74) is 2.15. The molecule has 0 aliphatic carbocycles. The summed E-state index contributed by atoms with van der Waals surface area (Å²) >= 11 is 0. The zero-order valence-corrected chi connectivity index (χ0v) is 11.9. The molecular formula is C13H20N2O2S. The maximum atomic E-state index is 12.5. The SMILES string of the molecule is CCN(C(C)C)S(=O)(=O)c1ccc2c(c1)NCC2. The van der Waals surface area contributed by atoms with E-state index in [0.717, 1.165) is 18.7 Å². The monoisotopic (exact) mass is 268 g/mol. The number of rotatable bonds is 4. The molecule has 0 saturated carbocycles. The molecular weight excluding hydrogens is 248 g/mol. The van der Waals surface area contributed by atoms with E-state index in [1.165, 1.54) is 9.87 Å². The predicted molar refractivity (Wildman–Crippen MR) is 73.3 cm³/mol. The van der Waals surface area contributed by atoms with Crippen LogP contribution in [0.3, 0.4) is 0 Å². The summed E-state index contributed by atoms with van der Waals surface area (Å²) < 4.78 is 26.5. The Morgan fingerprint density at radius 2 is 2.11 bits per heavy atom. The van der Waals surface area contributed by atoms with E-state index in [-0.39, 0.29) is 6.04 Å². The van der Waals surface area contributed by atoms with Crippen molar-refractivity contribution in [3.05, 3.63) is 23.8 Å². The third kappa shape index (κ3) is 2.24. The lowest BCUT2D eigenvalue weighted by Gasteiger charge is -2.24. The molecule has 1 aliphatic rings. The first-order valence-electron chi connectivity index (χ1n) is 6.35. The maximum absolute atomic E-state index is 12.5. The summed E-state index contributed by atoms with van der Waals surface area (Å²) in [6.45, 7) is 7.04. The molecule has 4 nitrogen and oxygen atoms in total. The molecule has 0 bridgehead atoms. The fourth-order valence-electron chi connectivity index (χ4n) is 2.38. The highest BCUT2D eigenvalue weighted by Gasteiger charge is 2.26. The Kier molecular flexibility index (Phi) is 3.64. The van der Waals surface area contributed by atoms with Gasteiger partial charge in [0.1, 0.15) is 0 Å². The molecule has 1 heterocycles. The average Bonchev–Trinajstić information content (AvgIpc) is 2.75. The molecule has 0 aromatic heterocycles.